The van der Waals surface area contributed by atoms with Crippen molar-refractivity contribution in [1.82, 2.24) is 5.32 Å². The van der Waals surface area contributed by atoms with Crippen LogP contribution < -0.4 is 5.32 Å². The lowest BCUT2D eigenvalue weighted by atomic mass is 10.1. The number of aryl methyl sites for hydroxylation is 1. The molecule has 17 heavy (non-hydrogen) atoms. The van der Waals surface area contributed by atoms with Crippen LogP contribution in [0, 0.1) is 12.8 Å². The number of benzene rings is 1. The average molecular weight is 296 g/mol. The molecular formula is C14H18BrNO. The summed E-state index contributed by atoms with van der Waals surface area (Å²) in [5.41, 5.74) is 1.85. The van der Waals surface area contributed by atoms with Gasteiger partial charge in [-0.25, -0.2) is 0 Å². The van der Waals surface area contributed by atoms with Gasteiger partial charge in [-0.1, -0.05) is 22.9 Å². The number of carbonyl (C=O) groups excluding carboxylic acids is 1. The highest BCUT2D eigenvalue weighted by atomic mass is 79.9. The monoisotopic (exact) mass is 295 g/mol. The van der Waals surface area contributed by atoms with E-state index in [0.717, 1.165) is 34.4 Å². The van der Waals surface area contributed by atoms with E-state index < -0.39 is 0 Å². The molecular weight excluding hydrogens is 278 g/mol. The highest BCUT2D eigenvalue weighted by Gasteiger charge is 2.23. The van der Waals surface area contributed by atoms with E-state index in [1.807, 2.05) is 25.1 Å². The largest absolute Gasteiger partial charge is 0.349 e. The van der Waals surface area contributed by atoms with Gasteiger partial charge in [0.05, 0.1) is 0 Å². The highest BCUT2D eigenvalue weighted by Crippen LogP contribution is 2.25. The van der Waals surface area contributed by atoms with Gasteiger partial charge < -0.3 is 5.32 Å². The summed E-state index contributed by atoms with van der Waals surface area (Å²) < 4.78 is 1.04. The molecule has 0 radical (unpaired) electrons. The van der Waals surface area contributed by atoms with Crippen LogP contribution in [0.25, 0.3) is 0 Å². The smallest absolute Gasteiger partial charge is 0.251 e. The Kier molecular flexibility index (Phi) is 3.87. The summed E-state index contributed by atoms with van der Waals surface area (Å²) in [4.78, 5) is 12.0. The first-order valence-electron chi connectivity index (χ1n) is 6.13. The van der Waals surface area contributed by atoms with Gasteiger partial charge >= 0.3 is 0 Å². The summed E-state index contributed by atoms with van der Waals surface area (Å²) in [6.07, 6.45) is 3.45. The van der Waals surface area contributed by atoms with Crippen molar-refractivity contribution in [2.24, 2.45) is 5.92 Å². The molecule has 1 saturated carbocycles. The number of hydrogen-bond acceptors (Lipinski definition) is 1. The van der Waals surface area contributed by atoms with Crippen molar-refractivity contribution in [2.75, 3.05) is 0 Å². The Morgan fingerprint density at radius 1 is 1.41 bits per heavy atom. The van der Waals surface area contributed by atoms with Crippen LogP contribution >= 0.6 is 15.9 Å². The maximum atomic E-state index is 12.0. The fraction of sp³-hybridized carbons (Fsp3) is 0.500. The van der Waals surface area contributed by atoms with Crippen LogP contribution in [0.4, 0.5) is 0 Å². The zero-order valence-electron chi connectivity index (χ0n) is 10.3. The number of carbonyl (C=O) groups is 1. The molecule has 2 nitrogen and oxygen atoms in total. The van der Waals surface area contributed by atoms with Gasteiger partial charge in [0.1, 0.15) is 0 Å². The molecule has 92 valence electrons. The molecule has 2 rings (SSSR count). The van der Waals surface area contributed by atoms with Gasteiger partial charge in [-0.3, -0.25) is 4.79 Å². The molecule has 0 bridgehead atoms. The molecule has 1 fully saturated rings. The lowest BCUT2D eigenvalue weighted by Crippen LogP contribution is -2.32. The predicted molar refractivity (Wildman–Crippen MR) is 73.1 cm³/mol. The summed E-state index contributed by atoms with van der Waals surface area (Å²) in [5, 5.41) is 3.12. The lowest BCUT2D eigenvalue weighted by Gasteiger charge is -2.13. The maximum Gasteiger partial charge on any atom is 0.251 e. The Bertz CT molecular complexity index is 430. The number of hydrogen-bond donors (Lipinski definition) is 1. The molecule has 1 aromatic rings. The van der Waals surface area contributed by atoms with E-state index in [1.165, 1.54) is 6.42 Å². The van der Waals surface area contributed by atoms with Crippen LogP contribution in [0.3, 0.4) is 0 Å². The number of halogens is 1. The third-order valence-electron chi connectivity index (χ3n) is 3.45. The van der Waals surface area contributed by atoms with Gasteiger partial charge in [-0.15, -0.1) is 0 Å². The molecule has 2 atom stereocenters. The maximum absolute atomic E-state index is 12.0. The molecule has 1 aromatic carbocycles. The molecule has 3 heteroatoms. The van der Waals surface area contributed by atoms with E-state index in [1.54, 1.807) is 0 Å². The van der Waals surface area contributed by atoms with E-state index in [2.05, 4.69) is 28.2 Å². The summed E-state index contributed by atoms with van der Waals surface area (Å²) >= 11 is 3.44. The van der Waals surface area contributed by atoms with Crippen molar-refractivity contribution in [3.63, 3.8) is 0 Å². The van der Waals surface area contributed by atoms with Gasteiger partial charge in [0.2, 0.25) is 0 Å². The SMILES string of the molecule is Cc1cc(C(=O)NC2CCC(C)C2)ccc1Br. The van der Waals surface area contributed by atoms with Crippen molar-refractivity contribution in [3.8, 4) is 0 Å². The topological polar surface area (TPSA) is 29.1 Å². The minimum absolute atomic E-state index is 0.0553. The van der Waals surface area contributed by atoms with E-state index in [0.29, 0.717) is 6.04 Å². The molecule has 1 N–H and O–H groups in total. The Morgan fingerprint density at radius 3 is 2.76 bits per heavy atom. The normalized spacial score (nSPS) is 23.7. The molecule has 0 aromatic heterocycles. The number of nitrogens with one attached hydrogen (secondary N) is 1. The van der Waals surface area contributed by atoms with E-state index in [-0.39, 0.29) is 5.91 Å². The van der Waals surface area contributed by atoms with E-state index >= 15 is 0 Å². The van der Waals surface area contributed by atoms with Crippen molar-refractivity contribution in [3.05, 3.63) is 33.8 Å². The first kappa shape index (κ1) is 12.6. The van der Waals surface area contributed by atoms with E-state index in [4.69, 9.17) is 0 Å². The summed E-state index contributed by atoms with van der Waals surface area (Å²) in [6, 6.07) is 6.09. The van der Waals surface area contributed by atoms with Crippen LogP contribution in [-0.4, -0.2) is 11.9 Å². The predicted octanol–water partition coefficient (Wildman–Crippen LogP) is 3.68. The second-order valence-electron chi connectivity index (χ2n) is 5.05. The van der Waals surface area contributed by atoms with Crippen LogP contribution in [0.15, 0.2) is 22.7 Å². The quantitative estimate of drug-likeness (QED) is 0.886. The van der Waals surface area contributed by atoms with Crippen LogP contribution in [-0.2, 0) is 0 Å². The zero-order valence-corrected chi connectivity index (χ0v) is 11.9. The molecule has 2 unspecified atom stereocenters. The molecule has 0 saturated heterocycles. The molecule has 0 spiro atoms. The van der Waals surface area contributed by atoms with Crippen molar-refractivity contribution in [1.29, 1.82) is 0 Å². The molecule has 1 amide bonds. The third-order valence-corrected chi connectivity index (χ3v) is 4.34. The second kappa shape index (κ2) is 5.21. The molecule has 1 aliphatic rings. The summed E-state index contributed by atoms with van der Waals surface area (Å²) in [6.45, 7) is 4.24. The van der Waals surface area contributed by atoms with Gasteiger partial charge in [0.15, 0.2) is 0 Å². The van der Waals surface area contributed by atoms with E-state index in [9.17, 15) is 4.79 Å². The number of amides is 1. The van der Waals surface area contributed by atoms with Gasteiger partial charge in [0.25, 0.3) is 5.91 Å². The van der Waals surface area contributed by atoms with Crippen LogP contribution in [0.1, 0.15) is 42.1 Å². The fourth-order valence-electron chi connectivity index (χ4n) is 2.39. The Morgan fingerprint density at radius 2 is 2.18 bits per heavy atom. The Labute approximate surface area is 111 Å². The number of rotatable bonds is 2. The Balaban J connectivity index is 2.02. The minimum Gasteiger partial charge on any atom is -0.349 e. The average Bonchev–Trinajstić information content (AvgIpc) is 2.68. The molecule has 0 aliphatic heterocycles. The van der Waals surface area contributed by atoms with Gasteiger partial charge in [0, 0.05) is 16.1 Å². The molecule has 1 aliphatic carbocycles. The van der Waals surface area contributed by atoms with Gasteiger partial charge in [-0.05, 0) is 55.9 Å². The van der Waals surface area contributed by atoms with Crippen LogP contribution in [0.5, 0.6) is 0 Å². The minimum atomic E-state index is 0.0553. The lowest BCUT2D eigenvalue weighted by molar-refractivity contribution is 0.0937. The summed E-state index contributed by atoms with van der Waals surface area (Å²) in [7, 11) is 0. The highest BCUT2D eigenvalue weighted by molar-refractivity contribution is 9.10. The fourth-order valence-corrected chi connectivity index (χ4v) is 2.64. The van der Waals surface area contributed by atoms with Crippen molar-refractivity contribution < 1.29 is 4.79 Å². The van der Waals surface area contributed by atoms with Crippen molar-refractivity contribution >= 4 is 21.8 Å². The zero-order chi connectivity index (χ0) is 12.4. The Hall–Kier alpha value is -0.830. The third kappa shape index (κ3) is 3.09. The first-order chi connectivity index (χ1) is 8.06. The standard InChI is InChI=1S/C14H18BrNO/c1-9-3-5-12(7-9)16-14(17)11-4-6-13(15)10(2)8-11/h4,6,8-9,12H,3,5,7H2,1-2H3,(H,16,17). The molecule has 0 heterocycles. The van der Waals surface area contributed by atoms with Crippen molar-refractivity contribution in [2.45, 2.75) is 39.2 Å². The second-order valence-corrected chi connectivity index (χ2v) is 5.91. The van der Waals surface area contributed by atoms with Crippen LogP contribution in [0.2, 0.25) is 0 Å². The summed E-state index contributed by atoms with van der Waals surface area (Å²) in [5.74, 6) is 0.798. The first-order valence-corrected chi connectivity index (χ1v) is 6.92. The van der Waals surface area contributed by atoms with Gasteiger partial charge in [-0.2, -0.15) is 0 Å².